The van der Waals surface area contributed by atoms with Gasteiger partial charge in [0.2, 0.25) is 0 Å². The van der Waals surface area contributed by atoms with Crippen LogP contribution in [-0.2, 0) is 4.79 Å². The molecule has 0 aliphatic carbocycles. The lowest BCUT2D eigenvalue weighted by atomic mass is 10.3. The second-order valence-electron chi connectivity index (χ2n) is 5.42. The van der Waals surface area contributed by atoms with Crippen LogP contribution < -0.4 is 16.0 Å². The van der Waals surface area contributed by atoms with Crippen molar-refractivity contribution < 1.29 is 19.4 Å². The van der Waals surface area contributed by atoms with Crippen molar-refractivity contribution in [1.82, 2.24) is 0 Å². The molecule has 0 saturated heterocycles. The van der Waals surface area contributed by atoms with Gasteiger partial charge in [-0.1, -0.05) is 0 Å². The Morgan fingerprint density at radius 2 is 1.72 bits per heavy atom. The van der Waals surface area contributed by atoms with Crippen LogP contribution in [0, 0.1) is 15.9 Å². The molecule has 0 fully saturated rings. The number of benzene rings is 2. The number of carbonyl (C=O) groups excluding carboxylic acids is 1. The van der Waals surface area contributed by atoms with Crippen molar-refractivity contribution in [3.05, 3.63) is 64.5 Å². The standard InChI is InChI=1S/C17H19FN4O3/c18-13-2-4-15(5-3-13)21-17(23)12-19-10-1-11-20-14-6-8-16(9-7-14)22(24)25/h2-9,19-20H,1,10-12H2,(H,21,23)/p+1. The van der Waals surface area contributed by atoms with E-state index in [1.807, 2.05) is 5.32 Å². The first-order valence-corrected chi connectivity index (χ1v) is 7.90. The molecule has 0 aliphatic rings. The molecule has 25 heavy (non-hydrogen) atoms. The first kappa shape index (κ1) is 18.3. The van der Waals surface area contributed by atoms with E-state index >= 15 is 0 Å². The zero-order valence-corrected chi connectivity index (χ0v) is 13.6. The number of nitro benzene ring substituents is 1. The Morgan fingerprint density at radius 3 is 2.36 bits per heavy atom. The molecule has 1 amide bonds. The average molecular weight is 347 g/mol. The summed E-state index contributed by atoms with van der Waals surface area (Å²) < 4.78 is 12.8. The highest BCUT2D eigenvalue weighted by Crippen LogP contribution is 2.15. The summed E-state index contributed by atoms with van der Waals surface area (Å²) in [5.41, 5.74) is 1.45. The predicted octanol–water partition coefficient (Wildman–Crippen LogP) is 1.74. The van der Waals surface area contributed by atoms with Crippen LogP contribution in [0.2, 0.25) is 0 Å². The van der Waals surface area contributed by atoms with Crippen molar-refractivity contribution in [2.24, 2.45) is 0 Å². The van der Waals surface area contributed by atoms with Gasteiger partial charge in [-0.25, -0.2) is 4.39 Å². The lowest BCUT2D eigenvalue weighted by molar-refractivity contribution is -0.643. The molecule has 4 N–H and O–H groups in total. The molecule has 0 spiro atoms. The maximum absolute atomic E-state index is 12.8. The minimum atomic E-state index is -0.435. The van der Waals surface area contributed by atoms with E-state index in [1.54, 1.807) is 12.1 Å². The van der Waals surface area contributed by atoms with Gasteiger partial charge in [-0.05, 0) is 36.4 Å². The van der Waals surface area contributed by atoms with E-state index < -0.39 is 4.92 Å². The number of anilines is 2. The Hall–Kier alpha value is -3.00. The molecule has 2 aromatic rings. The molecular weight excluding hydrogens is 327 g/mol. The molecule has 2 aromatic carbocycles. The van der Waals surface area contributed by atoms with Gasteiger partial charge < -0.3 is 16.0 Å². The van der Waals surface area contributed by atoms with Crippen molar-refractivity contribution in [2.75, 3.05) is 30.3 Å². The van der Waals surface area contributed by atoms with Crippen LogP contribution >= 0.6 is 0 Å². The van der Waals surface area contributed by atoms with Crippen molar-refractivity contribution >= 4 is 23.0 Å². The molecule has 132 valence electrons. The smallest absolute Gasteiger partial charge is 0.279 e. The van der Waals surface area contributed by atoms with Crippen LogP contribution in [0.15, 0.2) is 48.5 Å². The minimum Gasteiger partial charge on any atom is -0.385 e. The molecule has 0 unspecified atom stereocenters. The summed E-state index contributed by atoms with van der Waals surface area (Å²) in [7, 11) is 0. The summed E-state index contributed by atoms with van der Waals surface area (Å²) in [5, 5.41) is 18.3. The quantitative estimate of drug-likeness (QED) is 0.365. The van der Waals surface area contributed by atoms with Gasteiger partial charge in [0.15, 0.2) is 6.54 Å². The minimum absolute atomic E-state index is 0.0612. The Bertz CT molecular complexity index is 705. The molecular formula is C17H20FN4O3+. The van der Waals surface area contributed by atoms with Gasteiger partial charge in [0.25, 0.3) is 11.6 Å². The Balaban J connectivity index is 1.57. The highest BCUT2D eigenvalue weighted by atomic mass is 19.1. The molecule has 0 atom stereocenters. The number of rotatable bonds is 9. The first-order chi connectivity index (χ1) is 12.0. The fourth-order valence-electron chi connectivity index (χ4n) is 2.16. The van der Waals surface area contributed by atoms with Crippen molar-refractivity contribution in [3.63, 3.8) is 0 Å². The number of carbonyl (C=O) groups is 1. The number of hydrogen-bond acceptors (Lipinski definition) is 4. The highest BCUT2D eigenvalue weighted by Gasteiger charge is 2.05. The molecule has 7 nitrogen and oxygen atoms in total. The largest absolute Gasteiger partial charge is 0.385 e. The molecule has 0 bridgehead atoms. The third-order valence-electron chi connectivity index (χ3n) is 3.45. The topological polar surface area (TPSA) is 101 Å². The van der Waals surface area contributed by atoms with Gasteiger partial charge in [-0.3, -0.25) is 14.9 Å². The highest BCUT2D eigenvalue weighted by molar-refractivity contribution is 5.91. The number of nitrogens with zero attached hydrogens (tertiary/aromatic N) is 1. The molecule has 0 aliphatic heterocycles. The Kier molecular flexibility index (Phi) is 6.85. The van der Waals surface area contributed by atoms with Crippen LogP contribution in [-0.4, -0.2) is 30.5 Å². The average Bonchev–Trinajstić information content (AvgIpc) is 2.60. The second kappa shape index (κ2) is 9.33. The molecule has 8 heteroatoms. The van der Waals surface area contributed by atoms with Crippen molar-refractivity contribution in [3.8, 4) is 0 Å². The van der Waals surface area contributed by atoms with E-state index in [0.29, 0.717) is 12.2 Å². The maximum atomic E-state index is 12.8. The Morgan fingerprint density at radius 1 is 1.08 bits per heavy atom. The number of nitrogens with one attached hydrogen (secondary N) is 2. The molecule has 0 radical (unpaired) electrons. The summed E-state index contributed by atoms with van der Waals surface area (Å²) >= 11 is 0. The van der Waals surface area contributed by atoms with Crippen LogP contribution in [0.25, 0.3) is 0 Å². The van der Waals surface area contributed by atoms with Crippen molar-refractivity contribution in [1.29, 1.82) is 0 Å². The van der Waals surface area contributed by atoms with E-state index in [-0.39, 0.29) is 24.0 Å². The number of non-ortho nitro benzene ring substituents is 1. The number of nitro groups is 1. The number of amides is 1. The maximum Gasteiger partial charge on any atom is 0.279 e. The molecule has 2 rings (SSSR count). The monoisotopic (exact) mass is 347 g/mol. The second-order valence-corrected chi connectivity index (χ2v) is 5.42. The van der Waals surface area contributed by atoms with E-state index in [1.165, 1.54) is 36.4 Å². The van der Waals surface area contributed by atoms with Crippen molar-refractivity contribution in [2.45, 2.75) is 6.42 Å². The van der Waals surface area contributed by atoms with Crippen LogP contribution in [0.1, 0.15) is 6.42 Å². The third-order valence-corrected chi connectivity index (χ3v) is 3.45. The van der Waals surface area contributed by atoms with Gasteiger partial charge in [-0.15, -0.1) is 0 Å². The summed E-state index contributed by atoms with van der Waals surface area (Å²) in [6.45, 7) is 1.75. The fourth-order valence-corrected chi connectivity index (χ4v) is 2.16. The van der Waals surface area contributed by atoms with Gasteiger partial charge >= 0.3 is 0 Å². The zero-order chi connectivity index (χ0) is 18.1. The van der Waals surface area contributed by atoms with Gasteiger partial charge in [0.1, 0.15) is 5.82 Å². The van der Waals surface area contributed by atoms with Gasteiger partial charge in [-0.2, -0.15) is 0 Å². The van der Waals surface area contributed by atoms with E-state index in [9.17, 15) is 19.3 Å². The fraction of sp³-hybridized carbons (Fsp3) is 0.235. The molecule has 0 aromatic heterocycles. The van der Waals surface area contributed by atoms with Gasteiger partial charge in [0, 0.05) is 36.5 Å². The zero-order valence-electron chi connectivity index (χ0n) is 13.6. The summed E-state index contributed by atoms with van der Waals surface area (Å²) in [6.07, 6.45) is 0.834. The van der Waals surface area contributed by atoms with Crippen LogP contribution in [0.4, 0.5) is 21.5 Å². The van der Waals surface area contributed by atoms with E-state index in [2.05, 4.69) is 10.6 Å². The third kappa shape index (κ3) is 6.56. The van der Waals surface area contributed by atoms with Crippen LogP contribution in [0.3, 0.4) is 0 Å². The summed E-state index contributed by atoms with van der Waals surface area (Å²) in [5.74, 6) is -0.486. The van der Waals surface area contributed by atoms with Gasteiger partial charge in [0.05, 0.1) is 11.5 Å². The lowest BCUT2D eigenvalue weighted by Crippen LogP contribution is -2.86. The summed E-state index contributed by atoms with van der Waals surface area (Å²) in [4.78, 5) is 21.9. The Labute approximate surface area is 144 Å². The SMILES string of the molecule is O=C(C[NH2+]CCCNc1ccc([N+](=O)[O-])cc1)Nc1ccc(F)cc1. The number of quaternary nitrogens is 1. The number of hydrogen-bond donors (Lipinski definition) is 3. The predicted molar refractivity (Wildman–Crippen MR) is 92.9 cm³/mol. The van der Waals surface area contributed by atoms with E-state index in [4.69, 9.17) is 0 Å². The normalized spacial score (nSPS) is 10.3. The lowest BCUT2D eigenvalue weighted by Gasteiger charge is -2.06. The molecule has 0 heterocycles. The molecule has 0 saturated carbocycles. The number of halogens is 1. The van der Waals surface area contributed by atoms with Crippen LogP contribution in [0.5, 0.6) is 0 Å². The summed E-state index contributed by atoms with van der Waals surface area (Å²) in [6, 6.07) is 11.9. The first-order valence-electron chi connectivity index (χ1n) is 7.90. The van der Waals surface area contributed by atoms with E-state index in [0.717, 1.165) is 18.7 Å². The number of nitrogens with two attached hydrogens (primary N) is 1.